The molecule has 1 atom stereocenters. The van der Waals surface area contributed by atoms with Crippen LogP contribution in [0.5, 0.6) is 5.88 Å². The zero-order valence-corrected chi connectivity index (χ0v) is 12.1. The average Bonchev–Trinajstić information content (AvgIpc) is 3.07. The highest BCUT2D eigenvalue weighted by Crippen LogP contribution is 2.19. The molecule has 2 aromatic rings. The number of ether oxygens (including phenoxy) is 2. The molecule has 1 N–H and O–H groups in total. The van der Waals surface area contributed by atoms with Gasteiger partial charge in [0.15, 0.2) is 0 Å². The van der Waals surface area contributed by atoms with Crippen LogP contribution in [0, 0.1) is 0 Å². The largest absolute Gasteiger partial charge is 0.471 e. The molecule has 0 aliphatic carbocycles. The van der Waals surface area contributed by atoms with Gasteiger partial charge in [-0.25, -0.2) is 4.98 Å². The van der Waals surface area contributed by atoms with Gasteiger partial charge in [-0.15, -0.1) is 0 Å². The predicted molar refractivity (Wildman–Crippen MR) is 79.5 cm³/mol. The maximum atomic E-state index is 12.3. The molecule has 6 heteroatoms. The molecule has 0 unspecified atom stereocenters. The molecule has 1 fully saturated rings. The summed E-state index contributed by atoms with van der Waals surface area (Å²) in [5.41, 5.74) is 1.42. The van der Waals surface area contributed by atoms with E-state index in [9.17, 15) is 4.79 Å². The fraction of sp³-hybridized carbons (Fsp3) is 0.312. The Kier molecular flexibility index (Phi) is 4.60. The van der Waals surface area contributed by atoms with Crippen LogP contribution in [0.2, 0.25) is 0 Å². The van der Waals surface area contributed by atoms with Crippen LogP contribution in [0.15, 0.2) is 42.9 Å². The van der Waals surface area contributed by atoms with Gasteiger partial charge in [-0.2, -0.15) is 0 Å². The van der Waals surface area contributed by atoms with Gasteiger partial charge in [0, 0.05) is 31.6 Å². The van der Waals surface area contributed by atoms with Crippen LogP contribution in [-0.2, 0) is 11.3 Å². The first-order valence-electron chi connectivity index (χ1n) is 7.19. The first-order valence-corrected chi connectivity index (χ1v) is 7.19. The van der Waals surface area contributed by atoms with E-state index in [4.69, 9.17) is 9.47 Å². The van der Waals surface area contributed by atoms with Crippen molar-refractivity contribution in [2.45, 2.75) is 19.1 Å². The number of nitrogens with zero attached hydrogens (tertiary/aromatic N) is 2. The minimum absolute atomic E-state index is 0.0401. The number of aromatic nitrogens is 2. The maximum Gasteiger partial charge on any atom is 0.257 e. The van der Waals surface area contributed by atoms with E-state index in [2.05, 4.69) is 15.3 Å². The summed E-state index contributed by atoms with van der Waals surface area (Å²) < 4.78 is 11.0. The number of nitrogens with one attached hydrogen (secondary N) is 1. The summed E-state index contributed by atoms with van der Waals surface area (Å²) in [6.45, 7) is 1.65. The third-order valence-electron chi connectivity index (χ3n) is 3.38. The van der Waals surface area contributed by atoms with Crippen molar-refractivity contribution in [3.63, 3.8) is 0 Å². The Hall–Kier alpha value is -2.47. The summed E-state index contributed by atoms with van der Waals surface area (Å²) in [4.78, 5) is 20.5. The van der Waals surface area contributed by atoms with Gasteiger partial charge in [0.1, 0.15) is 11.7 Å². The zero-order valence-electron chi connectivity index (χ0n) is 12.1. The normalized spacial score (nSPS) is 17.2. The predicted octanol–water partition coefficient (Wildman–Crippen LogP) is 1.57. The quantitative estimate of drug-likeness (QED) is 0.907. The maximum absolute atomic E-state index is 12.3. The lowest BCUT2D eigenvalue weighted by Gasteiger charge is -2.14. The first kappa shape index (κ1) is 14.5. The molecular formula is C16H17N3O3. The van der Waals surface area contributed by atoms with Crippen molar-refractivity contribution in [3.8, 4) is 5.88 Å². The highest BCUT2D eigenvalue weighted by molar-refractivity contribution is 5.96. The van der Waals surface area contributed by atoms with Crippen LogP contribution in [-0.4, -0.2) is 35.2 Å². The Morgan fingerprint density at radius 3 is 2.95 bits per heavy atom. The van der Waals surface area contributed by atoms with E-state index in [-0.39, 0.29) is 12.0 Å². The molecule has 0 spiro atoms. The van der Waals surface area contributed by atoms with E-state index in [0.29, 0.717) is 31.2 Å². The lowest BCUT2D eigenvalue weighted by atomic mass is 10.2. The molecule has 0 radical (unpaired) electrons. The minimum atomic E-state index is -0.209. The second kappa shape index (κ2) is 7.00. The van der Waals surface area contributed by atoms with E-state index in [0.717, 1.165) is 12.0 Å². The smallest absolute Gasteiger partial charge is 0.257 e. The van der Waals surface area contributed by atoms with Crippen molar-refractivity contribution in [3.05, 3.63) is 54.0 Å². The van der Waals surface area contributed by atoms with Crippen LogP contribution in [0.3, 0.4) is 0 Å². The van der Waals surface area contributed by atoms with Gasteiger partial charge in [0.25, 0.3) is 5.91 Å². The van der Waals surface area contributed by atoms with Crippen molar-refractivity contribution >= 4 is 5.91 Å². The number of amides is 1. The molecule has 1 saturated heterocycles. The standard InChI is InChI=1S/C16H17N3O3/c20-15(19-10-12-3-7-17-8-4-12)14-2-1-6-18-16(14)22-13-5-9-21-11-13/h1-4,6-8,13H,5,9-11H2,(H,19,20)/t13-/m1/s1. The SMILES string of the molecule is O=C(NCc1ccncc1)c1cccnc1O[C@@H]1CCOC1. The summed E-state index contributed by atoms with van der Waals surface area (Å²) in [6.07, 6.45) is 5.78. The minimum Gasteiger partial charge on any atom is -0.471 e. The molecule has 1 aliphatic heterocycles. The highest BCUT2D eigenvalue weighted by atomic mass is 16.5. The third kappa shape index (κ3) is 3.59. The molecule has 3 heterocycles. The molecule has 2 aromatic heterocycles. The molecule has 0 bridgehead atoms. The summed E-state index contributed by atoms with van der Waals surface area (Å²) in [6, 6.07) is 7.15. The Morgan fingerprint density at radius 1 is 1.32 bits per heavy atom. The van der Waals surface area contributed by atoms with Crippen LogP contribution in [0.25, 0.3) is 0 Å². The van der Waals surface area contributed by atoms with Gasteiger partial charge < -0.3 is 14.8 Å². The van der Waals surface area contributed by atoms with Crippen LogP contribution in [0.4, 0.5) is 0 Å². The Balaban J connectivity index is 1.66. The monoisotopic (exact) mass is 299 g/mol. The molecule has 114 valence electrons. The molecule has 0 saturated carbocycles. The molecule has 1 aliphatic rings. The molecule has 3 rings (SSSR count). The lowest BCUT2D eigenvalue weighted by molar-refractivity contribution is 0.0937. The van der Waals surface area contributed by atoms with Crippen molar-refractivity contribution in [1.29, 1.82) is 0 Å². The number of carbonyl (C=O) groups is 1. The molecule has 1 amide bonds. The molecule has 22 heavy (non-hydrogen) atoms. The van der Waals surface area contributed by atoms with Gasteiger partial charge in [0.05, 0.1) is 13.2 Å². The topological polar surface area (TPSA) is 73.3 Å². The first-order chi connectivity index (χ1) is 10.8. The van der Waals surface area contributed by atoms with Crippen LogP contribution in [0.1, 0.15) is 22.3 Å². The van der Waals surface area contributed by atoms with E-state index < -0.39 is 0 Å². The average molecular weight is 299 g/mol. The van der Waals surface area contributed by atoms with E-state index in [1.807, 2.05) is 12.1 Å². The second-order valence-corrected chi connectivity index (χ2v) is 5.00. The summed E-state index contributed by atoms with van der Waals surface area (Å²) in [5.74, 6) is 0.143. The number of rotatable bonds is 5. The van der Waals surface area contributed by atoms with Gasteiger partial charge in [-0.05, 0) is 29.8 Å². The number of hydrogen-bond acceptors (Lipinski definition) is 5. The highest BCUT2D eigenvalue weighted by Gasteiger charge is 2.21. The number of pyridine rings is 2. The zero-order chi connectivity index (χ0) is 15.2. The number of hydrogen-bond donors (Lipinski definition) is 1. The van der Waals surface area contributed by atoms with Crippen LogP contribution >= 0.6 is 0 Å². The number of carbonyl (C=O) groups excluding carboxylic acids is 1. The Morgan fingerprint density at radius 2 is 2.18 bits per heavy atom. The van der Waals surface area contributed by atoms with Crippen LogP contribution < -0.4 is 10.1 Å². The van der Waals surface area contributed by atoms with Gasteiger partial charge in [-0.3, -0.25) is 9.78 Å². The van der Waals surface area contributed by atoms with Gasteiger partial charge in [-0.1, -0.05) is 0 Å². The van der Waals surface area contributed by atoms with Crippen molar-refractivity contribution in [1.82, 2.24) is 15.3 Å². The second-order valence-electron chi connectivity index (χ2n) is 5.00. The van der Waals surface area contributed by atoms with E-state index in [1.165, 1.54) is 0 Å². The van der Waals surface area contributed by atoms with Crippen molar-refractivity contribution < 1.29 is 14.3 Å². The van der Waals surface area contributed by atoms with Gasteiger partial charge >= 0.3 is 0 Å². The molecular weight excluding hydrogens is 282 g/mol. The lowest BCUT2D eigenvalue weighted by Crippen LogP contribution is -2.25. The summed E-state index contributed by atoms with van der Waals surface area (Å²) >= 11 is 0. The fourth-order valence-corrected chi connectivity index (χ4v) is 2.20. The van der Waals surface area contributed by atoms with E-state index in [1.54, 1.807) is 30.7 Å². The summed E-state index contributed by atoms with van der Waals surface area (Å²) in [7, 11) is 0. The Bertz CT molecular complexity index is 628. The van der Waals surface area contributed by atoms with E-state index >= 15 is 0 Å². The van der Waals surface area contributed by atoms with Crippen molar-refractivity contribution in [2.24, 2.45) is 0 Å². The van der Waals surface area contributed by atoms with Gasteiger partial charge in [0.2, 0.25) is 5.88 Å². The molecule has 0 aromatic carbocycles. The molecule has 6 nitrogen and oxygen atoms in total. The summed E-state index contributed by atoms with van der Waals surface area (Å²) in [5, 5.41) is 2.86. The van der Waals surface area contributed by atoms with Crippen molar-refractivity contribution in [2.75, 3.05) is 13.2 Å². The Labute approximate surface area is 128 Å². The fourth-order valence-electron chi connectivity index (χ4n) is 2.20. The third-order valence-corrected chi connectivity index (χ3v) is 3.38.